The van der Waals surface area contributed by atoms with Crippen LogP contribution in [-0.4, -0.2) is 40.2 Å². The van der Waals surface area contributed by atoms with E-state index < -0.39 is 0 Å². The molecule has 0 N–H and O–H groups in total. The standard InChI is InChI=1S/C11H10BrClN4O/c12-8-3-7-4-15-11(16-10(7)14-5-8)17-1-2-18-9(13)6-17/h3-5,9H,1-2,6H2. The van der Waals surface area contributed by atoms with Crippen molar-refractivity contribution < 1.29 is 4.74 Å². The van der Waals surface area contributed by atoms with Crippen LogP contribution < -0.4 is 4.90 Å². The summed E-state index contributed by atoms with van der Waals surface area (Å²) in [6.07, 6.45) is 3.50. The Morgan fingerprint density at radius 1 is 1.39 bits per heavy atom. The zero-order chi connectivity index (χ0) is 12.5. The third-order valence-electron chi connectivity index (χ3n) is 2.69. The highest BCUT2D eigenvalue weighted by atomic mass is 79.9. The van der Waals surface area contributed by atoms with Crippen molar-refractivity contribution >= 4 is 44.5 Å². The Morgan fingerprint density at radius 2 is 2.28 bits per heavy atom. The average Bonchev–Trinajstić information content (AvgIpc) is 2.38. The van der Waals surface area contributed by atoms with Crippen molar-refractivity contribution in [2.24, 2.45) is 0 Å². The van der Waals surface area contributed by atoms with Crippen molar-refractivity contribution in [2.75, 3.05) is 24.6 Å². The molecule has 5 nitrogen and oxygen atoms in total. The average molecular weight is 330 g/mol. The number of nitrogens with zero attached hydrogens (tertiary/aromatic N) is 4. The minimum absolute atomic E-state index is 0.309. The van der Waals surface area contributed by atoms with E-state index in [0.29, 0.717) is 24.7 Å². The van der Waals surface area contributed by atoms with Gasteiger partial charge in [0.1, 0.15) is 5.56 Å². The van der Waals surface area contributed by atoms with E-state index in [1.807, 2.05) is 11.0 Å². The van der Waals surface area contributed by atoms with E-state index in [1.165, 1.54) is 0 Å². The minimum atomic E-state index is -0.309. The van der Waals surface area contributed by atoms with Crippen LogP contribution in [0.15, 0.2) is 22.9 Å². The molecule has 1 unspecified atom stereocenters. The van der Waals surface area contributed by atoms with Gasteiger partial charge in [0.05, 0.1) is 13.2 Å². The van der Waals surface area contributed by atoms with Gasteiger partial charge in [-0.3, -0.25) is 0 Å². The summed E-state index contributed by atoms with van der Waals surface area (Å²) in [5.41, 5.74) is 0.372. The van der Waals surface area contributed by atoms with Crippen LogP contribution in [0.5, 0.6) is 0 Å². The van der Waals surface area contributed by atoms with Gasteiger partial charge < -0.3 is 9.64 Å². The molecule has 1 fully saturated rings. The molecule has 1 aliphatic heterocycles. The van der Waals surface area contributed by atoms with Gasteiger partial charge in [0.25, 0.3) is 0 Å². The van der Waals surface area contributed by atoms with Crippen molar-refractivity contribution in [3.8, 4) is 0 Å². The van der Waals surface area contributed by atoms with Crippen LogP contribution in [0.2, 0.25) is 0 Å². The number of ether oxygens (including phenoxy) is 1. The molecule has 3 rings (SSSR count). The van der Waals surface area contributed by atoms with E-state index in [9.17, 15) is 0 Å². The van der Waals surface area contributed by atoms with Crippen LogP contribution in [0, 0.1) is 0 Å². The molecule has 7 heteroatoms. The van der Waals surface area contributed by atoms with E-state index in [0.717, 1.165) is 16.4 Å². The Hall–Kier alpha value is -0.980. The number of hydrogen-bond acceptors (Lipinski definition) is 5. The maximum atomic E-state index is 5.96. The van der Waals surface area contributed by atoms with Gasteiger partial charge >= 0.3 is 0 Å². The Bertz CT molecular complexity index is 582. The number of anilines is 1. The molecule has 94 valence electrons. The maximum absolute atomic E-state index is 5.96. The molecule has 0 bridgehead atoms. The summed E-state index contributed by atoms with van der Waals surface area (Å²) in [7, 11) is 0. The molecule has 2 aromatic heterocycles. The topological polar surface area (TPSA) is 51.1 Å². The normalized spacial score (nSPS) is 20.3. The second-order valence-electron chi connectivity index (χ2n) is 3.96. The van der Waals surface area contributed by atoms with Crippen LogP contribution in [-0.2, 0) is 4.74 Å². The van der Waals surface area contributed by atoms with E-state index in [1.54, 1.807) is 12.4 Å². The third-order valence-corrected chi connectivity index (χ3v) is 3.39. The number of morpholine rings is 1. The first-order valence-corrected chi connectivity index (χ1v) is 6.74. The van der Waals surface area contributed by atoms with Gasteiger partial charge in [-0.25, -0.2) is 9.97 Å². The lowest BCUT2D eigenvalue weighted by atomic mass is 10.3. The van der Waals surface area contributed by atoms with Crippen LogP contribution >= 0.6 is 27.5 Å². The maximum Gasteiger partial charge on any atom is 0.227 e. The zero-order valence-corrected chi connectivity index (χ0v) is 11.7. The molecule has 0 saturated carbocycles. The summed E-state index contributed by atoms with van der Waals surface area (Å²) in [6, 6.07) is 1.94. The van der Waals surface area contributed by atoms with Crippen molar-refractivity contribution in [1.82, 2.24) is 15.0 Å². The molecule has 0 spiro atoms. The zero-order valence-electron chi connectivity index (χ0n) is 9.38. The Labute approximate surface area is 117 Å². The number of alkyl halides is 1. The molecular formula is C11H10BrClN4O. The number of hydrogen-bond donors (Lipinski definition) is 0. The van der Waals surface area contributed by atoms with Gasteiger partial charge in [-0.05, 0) is 22.0 Å². The SMILES string of the molecule is ClC1CN(c2ncc3cc(Br)cnc3n2)CCO1. The summed E-state index contributed by atoms with van der Waals surface area (Å²) < 4.78 is 6.19. The highest BCUT2D eigenvalue weighted by Crippen LogP contribution is 2.19. The molecule has 1 atom stereocenters. The van der Waals surface area contributed by atoms with Crippen molar-refractivity contribution in [3.05, 3.63) is 22.9 Å². The first-order chi connectivity index (χ1) is 8.72. The summed E-state index contributed by atoms with van der Waals surface area (Å²) in [4.78, 5) is 15.1. The number of rotatable bonds is 1. The van der Waals surface area contributed by atoms with E-state index >= 15 is 0 Å². The van der Waals surface area contributed by atoms with Crippen molar-refractivity contribution in [3.63, 3.8) is 0 Å². The monoisotopic (exact) mass is 328 g/mol. The summed E-state index contributed by atoms with van der Waals surface area (Å²) in [5.74, 6) is 0.645. The fourth-order valence-corrected chi connectivity index (χ4v) is 2.43. The molecule has 0 aliphatic carbocycles. The summed E-state index contributed by atoms with van der Waals surface area (Å²) in [6.45, 7) is 1.91. The van der Waals surface area contributed by atoms with Crippen molar-refractivity contribution in [2.45, 2.75) is 5.56 Å². The number of fused-ring (bicyclic) bond motifs is 1. The van der Waals surface area contributed by atoms with Gasteiger partial charge in [0.15, 0.2) is 5.65 Å². The Morgan fingerprint density at radius 3 is 3.11 bits per heavy atom. The van der Waals surface area contributed by atoms with Crippen molar-refractivity contribution in [1.29, 1.82) is 0 Å². The molecule has 0 radical (unpaired) electrons. The highest BCUT2D eigenvalue weighted by Gasteiger charge is 2.20. The van der Waals surface area contributed by atoms with E-state index in [2.05, 4.69) is 30.9 Å². The molecule has 2 aromatic rings. The lowest BCUT2D eigenvalue weighted by Crippen LogP contribution is -2.41. The fourth-order valence-electron chi connectivity index (χ4n) is 1.83. The lowest BCUT2D eigenvalue weighted by Gasteiger charge is -2.29. The molecule has 0 amide bonds. The first-order valence-electron chi connectivity index (χ1n) is 5.51. The smallest absolute Gasteiger partial charge is 0.227 e. The predicted molar refractivity (Wildman–Crippen MR) is 72.8 cm³/mol. The summed E-state index contributed by atoms with van der Waals surface area (Å²) in [5, 5.41) is 0.906. The molecule has 1 saturated heterocycles. The predicted octanol–water partition coefficient (Wildman–Crippen LogP) is 2.19. The van der Waals surface area contributed by atoms with Crippen LogP contribution in [0.1, 0.15) is 0 Å². The largest absolute Gasteiger partial charge is 0.359 e. The lowest BCUT2D eigenvalue weighted by molar-refractivity contribution is 0.0928. The van der Waals surface area contributed by atoms with Gasteiger partial charge in [-0.1, -0.05) is 11.6 Å². The Balaban J connectivity index is 1.95. The van der Waals surface area contributed by atoms with Crippen LogP contribution in [0.3, 0.4) is 0 Å². The quantitative estimate of drug-likeness (QED) is 0.751. The van der Waals surface area contributed by atoms with Gasteiger partial charge in [0, 0.05) is 28.8 Å². The second kappa shape index (κ2) is 4.95. The number of halogens is 2. The molecule has 1 aliphatic rings. The van der Waals surface area contributed by atoms with Gasteiger partial charge in [-0.2, -0.15) is 4.98 Å². The molecule has 3 heterocycles. The molecule has 0 aromatic carbocycles. The van der Waals surface area contributed by atoms with E-state index in [4.69, 9.17) is 16.3 Å². The fraction of sp³-hybridized carbons (Fsp3) is 0.364. The Kier molecular flexibility index (Phi) is 3.32. The molecule has 18 heavy (non-hydrogen) atoms. The van der Waals surface area contributed by atoms with Crippen LogP contribution in [0.4, 0.5) is 5.95 Å². The molecular weight excluding hydrogens is 320 g/mol. The highest BCUT2D eigenvalue weighted by molar-refractivity contribution is 9.10. The van der Waals surface area contributed by atoms with Crippen LogP contribution in [0.25, 0.3) is 11.0 Å². The number of aromatic nitrogens is 3. The number of pyridine rings is 1. The second-order valence-corrected chi connectivity index (χ2v) is 5.37. The van der Waals surface area contributed by atoms with Gasteiger partial charge in [-0.15, -0.1) is 0 Å². The minimum Gasteiger partial charge on any atom is -0.359 e. The van der Waals surface area contributed by atoms with E-state index in [-0.39, 0.29) is 5.56 Å². The first kappa shape index (κ1) is 12.1. The summed E-state index contributed by atoms with van der Waals surface area (Å²) >= 11 is 9.33. The van der Waals surface area contributed by atoms with Gasteiger partial charge in [0.2, 0.25) is 5.95 Å². The third kappa shape index (κ3) is 2.41.